The van der Waals surface area contributed by atoms with Crippen molar-refractivity contribution in [2.45, 2.75) is 0 Å². The summed E-state index contributed by atoms with van der Waals surface area (Å²) in [5.74, 6) is 0.0577. The predicted molar refractivity (Wildman–Crippen MR) is 75.3 cm³/mol. The van der Waals surface area contributed by atoms with Crippen LogP contribution in [-0.2, 0) is 0 Å². The number of piperazine rings is 1. The molecule has 1 aliphatic heterocycles. The molecule has 0 radical (unpaired) electrons. The monoisotopic (exact) mass is 274 g/mol. The average Bonchev–Trinajstić information content (AvgIpc) is 2.95. The summed E-state index contributed by atoms with van der Waals surface area (Å²) in [5.41, 5.74) is 7.71. The minimum atomic E-state index is 0.0577. The summed E-state index contributed by atoms with van der Waals surface area (Å²) in [6.07, 6.45) is 0. The average molecular weight is 274 g/mol. The molecule has 0 unspecified atom stereocenters. The van der Waals surface area contributed by atoms with Crippen LogP contribution >= 0.6 is 0 Å². The number of benzene rings is 1. The van der Waals surface area contributed by atoms with Crippen molar-refractivity contribution in [3.05, 3.63) is 23.8 Å². The third-order valence-electron chi connectivity index (χ3n) is 3.67. The van der Waals surface area contributed by atoms with Gasteiger partial charge in [0.1, 0.15) is 11.0 Å². The van der Waals surface area contributed by atoms with Gasteiger partial charge in [0.15, 0.2) is 0 Å². The van der Waals surface area contributed by atoms with Gasteiger partial charge in [-0.1, -0.05) is 0 Å². The lowest BCUT2D eigenvalue weighted by Crippen LogP contribution is -2.49. The third kappa shape index (κ3) is 2.50. The summed E-state index contributed by atoms with van der Waals surface area (Å²) in [5, 5.41) is 10.6. The van der Waals surface area contributed by atoms with E-state index in [2.05, 4.69) is 20.3 Å². The van der Waals surface area contributed by atoms with E-state index in [1.165, 1.54) is 0 Å². The minimum absolute atomic E-state index is 0.0577. The van der Waals surface area contributed by atoms with E-state index in [0.717, 1.165) is 43.8 Å². The van der Waals surface area contributed by atoms with Crippen LogP contribution in [0.2, 0.25) is 0 Å². The first-order chi connectivity index (χ1) is 9.78. The molecule has 3 N–H and O–H groups in total. The summed E-state index contributed by atoms with van der Waals surface area (Å²) in [4.78, 5) is 16.6. The lowest BCUT2D eigenvalue weighted by molar-refractivity contribution is 0.0641. The van der Waals surface area contributed by atoms with E-state index in [-0.39, 0.29) is 5.91 Å². The summed E-state index contributed by atoms with van der Waals surface area (Å²) in [7, 11) is 0. The van der Waals surface area contributed by atoms with Gasteiger partial charge in [0.05, 0.1) is 0 Å². The van der Waals surface area contributed by atoms with Crippen LogP contribution < -0.4 is 5.73 Å². The molecule has 3 rings (SSSR count). The van der Waals surface area contributed by atoms with Crippen LogP contribution in [0.15, 0.2) is 18.2 Å². The Balaban J connectivity index is 1.69. The van der Waals surface area contributed by atoms with Crippen LogP contribution in [0.5, 0.6) is 0 Å². The maximum Gasteiger partial charge on any atom is 0.254 e. The standard InChI is InChI=1S/C13H18N6O/c14-3-4-18-5-7-19(8-6-18)13(20)10-1-2-11-12(9-10)16-17-15-11/h1-2,9H,3-8,14H2,(H,15,16,17). The fraction of sp³-hybridized carbons (Fsp3) is 0.462. The lowest BCUT2D eigenvalue weighted by Gasteiger charge is -2.34. The van der Waals surface area contributed by atoms with Crippen molar-refractivity contribution in [1.29, 1.82) is 0 Å². The number of hydrogen-bond donors (Lipinski definition) is 2. The van der Waals surface area contributed by atoms with Crippen molar-refractivity contribution in [3.8, 4) is 0 Å². The first kappa shape index (κ1) is 13.0. The zero-order valence-electron chi connectivity index (χ0n) is 11.2. The predicted octanol–water partition coefficient (Wildman–Crippen LogP) is -0.326. The molecule has 2 heterocycles. The van der Waals surface area contributed by atoms with Crippen LogP contribution in [-0.4, -0.2) is 70.4 Å². The number of hydrogen-bond acceptors (Lipinski definition) is 5. The first-order valence-electron chi connectivity index (χ1n) is 6.80. The quantitative estimate of drug-likeness (QED) is 0.800. The Morgan fingerprint density at radius 3 is 2.70 bits per heavy atom. The highest BCUT2D eigenvalue weighted by Crippen LogP contribution is 2.14. The number of aromatic amines is 1. The molecule has 2 aromatic rings. The first-order valence-corrected chi connectivity index (χ1v) is 6.80. The molecule has 0 saturated carbocycles. The molecule has 0 atom stereocenters. The maximum absolute atomic E-state index is 12.5. The highest BCUT2D eigenvalue weighted by Gasteiger charge is 2.22. The second-order valence-corrected chi connectivity index (χ2v) is 4.95. The largest absolute Gasteiger partial charge is 0.336 e. The van der Waals surface area contributed by atoms with E-state index in [1.54, 1.807) is 12.1 Å². The van der Waals surface area contributed by atoms with Gasteiger partial charge in [-0.25, -0.2) is 0 Å². The van der Waals surface area contributed by atoms with E-state index in [1.807, 2.05) is 11.0 Å². The number of carbonyl (C=O) groups is 1. The minimum Gasteiger partial charge on any atom is -0.336 e. The normalized spacial score (nSPS) is 16.8. The molecular weight excluding hydrogens is 256 g/mol. The summed E-state index contributed by atoms with van der Waals surface area (Å²) >= 11 is 0. The highest BCUT2D eigenvalue weighted by molar-refractivity contribution is 5.97. The third-order valence-corrected chi connectivity index (χ3v) is 3.67. The van der Waals surface area contributed by atoms with Gasteiger partial charge in [0.2, 0.25) is 0 Å². The molecule has 7 nitrogen and oxygen atoms in total. The Hall–Kier alpha value is -1.99. The molecule has 0 aliphatic carbocycles. The number of aromatic nitrogens is 3. The van der Waals surface area contributed by atoms with E-state index < -0.39 is 0 Å². The fourth-order valence-corrected chi connectivity index (χ4v) is 2.51. The van der Waals surface area contributed by atoms with Crippen LogP contribution in [0.4, 0.5) is 0 Å². The van der Waals surface area contributed by atoms with Gasteiger partial charge in [-0.05, 0) is 18.2 Å². The van der Waals surface area contributed by atoms with Gasteiger partial charge in [-0.3, -0.25) is 9.69 Å². The number of amides is 1. The number of nitrogens with one attached hydrogen (secondary N) is 1. The topological polar surface area (TPSA) is 91.1 Å². The second-order valence-electron chi connectivity index (χ2n) is 4.95. The molecule has 1 amide bonds. The number of nitrogens with two attached hydrogens (primary N) is 1. The number of fused-ring (bicyclic) bond motifs is 1. The molecule has 1 aromatic heterocycles. The Morgan fingerprint density at radius 2 is 1.95 bits per heavy atom. The lowest BCUT2D eigenvalue weighted by atomic mass is 10.1. The van der Waals surface area contributed by atoms with Crippen LogP contribution in [0.25, 0.3) is 11.0 Å². The molecule has 0 bridgehead atoms. The zero-order chi connectivity index (χ0) is 13.9. The Bertz CT molecular complexity index is 602. The van der Waals surface area contributed by atoms with E-state index >= 15 is 0 Å². The summed E-state index contributed by atoms with van der Waals surface area (Å²) in [6.45, 7) is 4.82. The number of nitrogens with zero attached hydrogens (tertiary/aromatic N) is 4. The zero-order valence-corrected chi connectivity index (χ0v) is 11.2. The van der Waals surface area contributed by atoms with Crippen LogP contribution in [0.3, 0.4) is 0 Å². The van der Waals surface area contributed by atoms with E-state index in [4.69, 9.17) is 5.73 Å². The number of H-pyrrole nitrogens is 1. The Morgan fingerprint density at radius 1 is 1.20 bits per heavy atom. The molecule has 7 heteroatoms. The van der Waals surface area contributed by atoms with Gasteiger partial charge in [-0.2, -0.15) is 15.4 Å². The molecule has 1 aromatic carbocycles. The smallest absolute Gasteiger partial charge is 0.254 e. The van der Waals surface area contributed by atoms with Crippen molar-refractivity contribution >= 4 is 16.9 Å². The summed E-state index contributed by atoms with van der Waals surface area (Å²) in [6, 6.07) is 5.41. The summed E-state index contributed by atoms with van der Waals surface area (Å²) < 4.78 is 0. The van der Waals surface area contributed by atoms with Gasteiger partial charge in [0.25, 0.3) is 5.91 Å². The molecule has 20 heavy (non-hydrogen) atoms. The van der Waals surface area contributed by atoms with E-state index in [0.29, 0.717) is 12.1 Å². The van der Waals surface area contributed by atoms with Crippen LogP contribution in [0, 0.1) is 0 Å². The number of rotatable bonds is 3. The second kappa shape index (κ2) is 5.56. The van der Waals surface area contributed by atoms with Crippen molar-refractivity contribution < 1.29 is 4.79 Å². The molecule has 1 fully saturated rings. The van der Waals surface area contributed by atoms with Crippen molar-refractivity contribution in [2.75, 3.05) is 39.3 Å². The molecule has 1 aliphatic rings. The Labute approximate surface area is 116 Å². The van der Waals surface area contributed by atoms with Crippen molar-refractivity contribution in [3.63, 3.8) is 0 Å². The molecule has 106 valence electrons. The Kier molecular flexibility index (Phi) is 3.62. The maximum atomic E-state index is 12.5. The SMILES string of the molecule is NCCN1CCN(C(=O)c2ccc3n[nH]nc3c2)CC1. The van der Waals surface area contributed by atoms with Crippen LogP contribution in [0.1, 0.15) is 10.4 Å². The van der Waals surface area contributed by atoms with Crippen molar-refractivity contribution in [2.24, 2.45) is 5.73 Å². The molecular formula is C13H18N6O. The van der Waals surface area contributed by atoms with Gasteiger partial charge >= 0.3 is 0 Å². The van der Waals surface area contributed by atoms with Gasteiger partial charge in [-0.15, -0.1) is 0 Å². The van der Waals surface area contributed by atoms with E-state index in [9.17, 15) is 4.79 Å². The van der Waals surface area contributed by atoms with Gasteiger partial charge in [0, 0.05) is 44.8 Å². The van der Waals surface area contributed by atoms with Gasteiger partial charge < -0.3 is 10.6 Å². The number of carbonyl (C=O) groups excluding carboxylic acids is 1. The van der Waals surface area contributed by atoms with Crippen molar-refractivity contribution in [1.82, 2.24) is 25.2 Å². The molecule has 1 saturated heterocycles. The highest BCUT2D eigenvalue weighted by atomic mass is 16.2. The fourth-order valence-electron chi connectivity index (χ4n) is 2.51. The molecule has 0 spiro atoms.